The van der Waals surface area contributed by atoms with Crippen molar-refractivity contribution >= 4 is 5.91 Å². The van der Waals surface area contributed by atoms with E-state index in [9.17, 15) is 4.79 Å². The number of aromatic nitrogens is 2. The summed E-state index contributed by atoms with van der Waals surface area (Å²) in [4.78, 5) is 13.9. The van der Waals surface area contributed by atoms with E-state index in [4.69, 9.17) is 0 Å². The maximum Gasteiger partial charge on any atom is 0.224 e. The van der Waals surface area contributed by atoms with Crippen LogP contribution in [0.25, 0.3) is 0 Å². The van der Waals surface area contributed by atoms with E-state index in [1.165, 1.54) is 0 Å². The molecule has 0 saturated heterocycles. The molecule has 0 aliphatic carbocycles. The van der Waals surface area contributed by atoms with Crippen LogP contribution in [0.5, 0.6) is 0 Å². The van der Waals surface area contributed by atoms with Gasteiger partial charge in [0.05, 0.1) is 12.1 Å². The number of hydrogen-bond acceptors (Lipinski definition) is 3. The third kappa shape index (κ3) is 4.14. The summed E-state index contributed by atoms with van der Waals surface area (Å²) >= 11 is 0. The van der Waals surface area contributed by atoms with E-state index in [2.05, 4.69) is 15.3 Å². The molecule has 1 N–H and O–H groups in total. The van der Waals surface area contributed by atoms with Crippen LogP contribution in [0.15, 0.2) is 0 Å². The quantitative estimate of drug-likeness (QED) is 0.756. The summed E-state index contributed by atoms with van der Waals surface area (Å²) in [5.41, 5.74) is 3.05. The summed E-state index contributed by atoms with van der Waals surface area (Å²) < 4.78 is 1.82. The molecule has 18 heavy (non-hydrogen) atoms. The van der Waals surface area contributed by atoms with Gasteiger partial charge in [-0.15, -0.1) is 0 Å². The summed E-state index contributed by atoms with van der Waals surface area (Å²) in [6.07, 6.45) is 1.40. The predicted octanol–water partition coefficient (Wildman–Crippen LogP) is 0.647. The van der Waals surface area contributed by atoms with E-state index in [-0.39, 0.29) is 5.91 Å². The summed E-state index contributed by atoms with van der Waals surface area (Å²) in [6.45, 7) is 5.66. The molecule has 0 atom stereocenters. The summed E-state index contributed by atoms with van der Waals surface area (Å²) in [5, 5.41) is 7.26. The van der Waals surface area contributed by atoms with Gasteiger partial charge in [-0.1, -0.05) is 0 Å². The second kappa shape index (κ2) is 6.54. The van der Waals surface area contributed by atoms with Crippen molar-refractivity contribution in [1.29, 1.82) is 0 Å². The Kier molecular flexibility index (Phi) is 5.34. The van der Waals surface area contributed by atoms with Crippen LogP contribution in [-0.4, -0.2) is 47.8 Å². The lowest BCUT2D eigenvalue weighted by atomic mass is 10.1. The van der Waals surface area contributed by atoms with Gasteiger partial charge in [0.2, 0.25) is 5.91 Å². The Morgan fingerprint density at radius 2 is 2.06 bits per heavy atom. The first-order chi connectivity index (χ1) is 8.41. The fourth-order valence-electron chi connectivity index (χ4n) is 1.92. The third-order valence-electron chi connectivity index (χ3n) is 3.10. The number of carbonyl (C=O) groups excluding carboxylic acids is 1. The first kappa shape index (κ1) is 14.7. The van der Waals surface area contributed by atoms with E-state index >= 15 is 0 Å². The zero-order valence-corrected chi connectivity index (χ0v) is 12.1. The zero-order valence-electron chi connectivity index (χ0n) is 12.1. The van der Waals surface area contributed by atoms with Gasteiger partial charge in [0.15, 0.2) is 0 Å². The minimum absolute atomic E-state index is 0.0768. The van der Waals surface area contributed by atoms with E-state index in [0.717, 1.165) is 36.5 Å². The van der Waals surface area contributed by atoms with Crippen LogP contribution in [0.3, 0.4) is 0 Å². The number of aryl methyl sites for hydroxylation is 2. The minimum Gasteiger partial charge on any atom is -0.356 e. The summed E-state index contributed by atoms with van der Waals surface area (Å²) in [6, 6.07) is 0. The maximum absolute atomic E-state index is 11.8. The number of carbonyl (C=O) groups is 1. The van der Waals surface area contributed by atoms with Gasteiger partial charge in [-0.25, -0.2) is 0 Å². The second-order valence-electron chi connectivity index (χ2n) is 4.96. The van der Waals surface area contributed by atoms with Gasteiger partial charge in [0.1, 0.15) is 0 Å². The van der Waals surface area contributed by atoms with Gasteiger partial charge in [0.25, 0.3) is 0 Å². The molecule has 0 spiro atoms. The third-order valence-corrected chi connectivity index (χ3v) is 3.10. The monoisotopic (exact) mass is 252 g/mol. The SMILES string of the molecule is Cc1nn(C)c(C)c1CC(=O)NCCCN(C)C. The fraction of sp³-hybridized carbons (Fsp3) is 0.692. The molecular formula is C13H24N4O. The van der Waals surface area contributed by atoms with Crippen LogP contribution in [0, 0.1) is 13.8 Å². The van der Waals surface area contributed by atoms with Crippen molar-refractivity contribution in [2.24, 2.45) is 7.05 Å². The van der Waals surface area contributed by atoms with Crippen LogP contribution in [0.2, 0.25) is 0 Å². The maximum atomic E-state index is 11.8. The Labute approximate surface area is 109 Å². The average molecular weight is 252 g/mol. The topological polar surface area (TPSA) is 50.2 Å². The molecule has 0 aliphatic heterocycles. The molecule has 0 unspecified atom stereocenters. The van der Waals surface area contributed by atoms with Crippen molar-refractivity contribution in [1.82, 2.24) is 20.0 Å². The molecule has 1 heterocycles. The Bertz CT molecular complexity index is 409. The second-order valence-corrected chi connectivity index (χ2v) is 4.96. The zero-order chi connectivity index (χ0) is 13.7. The van der Waals surface area contributed by atoms with Crippen molar-refractivity contribution in [3.63, 3.8) is 0 Å². The van der Waals surface area contributed by atoms with Gasteiger partial charge in [-0.2, -0.15) is 5.10 Å². The summed E-state index contributed by atoms with van der Waals surface area (Å²) in [5.74, 6) is 0.0768. The fourth-order valence-corrected chi connectivity index (χ4v) is 1.92. The van der Waals surface area contributed by atoms with E-state index < -0.39 is 0 Å². The molecule has 1 aromatic heterocycles. The number of hydrogen-bond donors (Lipinski definition) is 1. The molecule has 0 radical (unpaired) electrons. The predicted molar refractivity (Wildman–Crippen MR) is 72.6 cm³/mol. The highest BCUT2D eigenvalue weighted by Crippen LogP contribution is 2.12. The first-order valence-electron chi connectivity index (χ1n) is 6.32. The lowest BCUT2D eigenvalue weighted by molar-refractivity contribution is -0.120. The van der Waals surface area contributed by atoms with Gasteiger partial charge in [0, 0.05) is 24.8 Å². The molecule has 102 valence electrons. The van der Waals surface area contributed by atoms with Gasteiger partial charge < -0.3 is 10.2 Å². The van der Waals surface area contributed by atoms with Crippen molar-refractivity contribution in [3.8, 4) is 0 Å². The molecule has 5 heteroatoms. The Morgan fingerprint density at radius 1 is 1.39 bits per heavy atom. The molecule has 0 bridgehead atoms. The van der Waals surface area contributed by atoms with Gasteiger partial charge in [-0.05, 0) is 40.9 Å². The first-order valence-corrected chi connectivity index (χ1v) is 6.32. The van der Waals surface area contributed by atoms with Crippen LogP contribution < -0.4 is 5.32 Å². The van der Waals surface area contributed by atoms with Crippen LogP contribution in [0.1, 0.15) is 23.4 Å². The van der Waals surface area contributed by atoms with Crippen LogP contribution in [-0.2, 0) is 18.3 Å². The Morgan fingerprint density at radius 3 is 2.56 bits per heavy atom. The molecule has 5 nitrogen and oxygen atoms in total. The molecule has 0 saturated carbocycles. The van der Waals surface area contributed by atoms with E-state index in [0.29, 0.717) is 6.42 Å². The standard InChI is InChI=1S/C13H24N4O/c1-10-12(11(2)17(5)15-10)9-13(18)14-7-6-8-16(3)4/h6-9H2,1-5H3,(H,14,18). The molecule has 1 amide bonds. The number of amides is 1. The Balaban J connectivity index is 2.40. The summed E-state index contributed by atoms with van der Waals surface area (Å²) in [7, 11) is 5.97. The molecule has 1 rings (SSSR count). The largest absolute Gasteiger partial charge is 0.356 e. The Hall–Kier alpha value is -1.36. The lowest BCUT2D eigenvalue weighted by Gasteiger charge is -2.10. The minimum atomic E-state index is 0.0768. The molecule has 0 fully saturated rings. The van der Waals surface area contributed by atoms with E-state index in [1.54, 1.807) is 0 Å². The average Bonchev–Trinajstić information content (AvgIpc) is 2.51. The van der Waals surface area contributed by atoms with Crippen molar-refractivity contribution < 1.29 is 4.79 Å². The molecule has 1 aromatic rings. The highest BCUT2D eigenvalue weighted by Gasteiger charge is 2.12. The normalized spacial score (nSPS) is 11.0. The van der Waals surface area contributed by atoms with Crippen molar-refractivity contribution in [3.05, 3.63) is 17.0 Å². The van der Waals surface area contributed by atoms with E-state index in [1.807, 2.05) is 39.7 Å². The molecular weight excluding hydrogens is 228 g/mol. The van der Waals surface area contributed by atoms with Crippen LogP contribution >= 0.6 is 0 Å². The smallest absolute Gasteiger partial charge is 0.224 e. The highest BCUT2D eigenvalue weighted by atomic mass is 16.1. The van der Waals surface area contributed by atoms with Crippen molar-refractivity contribution in [2.75, 3.05) is 27.2 Å². The number of nitrogens with one attached hydrogen (secondary N) is 1. The molecule has 0 aliphatic rings. The number of rotatable bonds is 6. The molecule has 0 aromatic carbocycles. The lowest BCUT2D eigenvalue weighted by Crippen LogP contribution is -2.28. The van der Waals surface area contributed by atoms with Gasteiger partial charge >= 0.3 is 0 Å². The van der Waals surface area contributed by atoms with Gasteiger partial charge in [-0.3, -0.25) is 9.48 Å². The number of nitrogens with zero attached hydrogens (tertiary/aromatic N) is 3. The van der Waals surface area contributed by atoms with Crippen molar-refractivity contribution in [2.45, 2.75) is 26.7 Å². The van der Waals surface area contributed by atoms with Crippen LogP contribution in [0.4, 0.5) is 0 Å². The highest BCUT2D eigenvalue weighted by molar-refractivity contribution is 5.79.